The highest BCUT2D eigenvalue weighted by molar-refractivity contribution is 9.11. The molecule has 0 saturated carbocycles. The number of nitrogen functional groups attached to an aromatic ring is 1. The molecule has 0 amide bonds. The Morgan fingerprint density at radius 2 is 1.93 bits per heavy atom. The monoisotopic (exact) mass is 471 g/mol. The molecule has 1 aliphatic carbocycles. The van der Waals surface area contributed by atoms with Crippen LogP contribution in [0.5, 0.6) is 0 Å². The first-order valence-electron chi connectivity index (χ1n) is 9.73. The highest BCUT2D eigenvalue weighted by Crippen LogP contribution is 2.50. The first kappa shape index (κ1) is 19.6. The number of ether oxygens (including phenoxy) is 3. The third-order valence-electron chi connectivity index (χ3n) is 5.41. The summed E-state index contributed by atoms with van der Waals surface area (Å²) in [4.78, 5) is 12.8. The van der Waals surface area contributed by atoms with Crippen LogP contribution in [0, 0.1) is 0 Å². The first-order chi connectivity index (χ1) is 14.4. The van der Waals surface area contributed by atoms with Crippen LogP contribution >= 0.6 is 15.9 Å². The van der Waals surface area contributed by atoms with Crippen LogP contribution < -0.4 is 5.73 Å². The average molecular weight is 472 g/mol. The zero-order valence-electron chi connectivity index (χ0n) is 16.7. The lowest BCUT2D eigenvalue weighted by Crippen LogP contribution is -2.28. The number of halogens is 1. The van der Waals surface area contributed by atoms with Crippen molar-refractivity contribution in [1.29, 1.82) is 0 Å². The number of anilines is 1. The fourth-order valence-electron chi connectivity index (χ4n) is 4.12. The quantitative estimate of drug-likeness (QED) is 0.608. The molecule has 9 heteroatoms. The molecule has 0 radical (unpaired) electrons. The number of hydrogen-bond donors (Lipinski definition) is 1. The lowest BCUT2D eigenvalue weighted by Gasteiger charge is -2.23. The number of aromatic nitrogens is 4. The van der Waals surface area contributed by atoms with E-state index in [4.69, 9.17) is 19.9 Å². The molecule has 30 heavy (non-hydrogen) atoms. The second-order valence-electron chi connectivity index (χ2n) is 7.90. The molecule has 1 aliphatic heterocycles. The van der Waals surface area contributed by atoms with Gasteiger partial charge in [-0.05, 0) is 25.0 Å². The van der Waals surface area contributed by atoms with Crippen LogP contribution in [0.4, 0.5) is 5.82 Å². The fraction of sp³-hybridized carbons (Fsp3) is 0.381. The number of imidazole rings is 1. The Labute approximate surface area is 182 Å². The Morgan fingerprint density at radius 3 is 2.73 bits per heavy atom. The van der Waals surface area contributed by atoms with Crippen LogP contribution in [0.1, 0.15) is 25.5 Å². The van der Waals surface area contributed by atoms with E-state index in [0.29, 0.717) is 30.2 Å². The van der Waals surface area contributed by atoms with Gasteiger partial charge in [-0.2, -0.15) is 0 Å². The topological polar surface area (TPSA) is 97.3 Å². The minimum absolute atomic E-state index is 0.189. The minimum Gasteiger partial charge on any atom is -0.382 e. The van der Waals surface area contributed by atoms with Crippen LogP contribution in [0.25, 0.3) is 11.2 Å². The second kappa shape index (κ2) is 7.42. The molecule has 8 nitrogen and oxygen atoms in total. The summed E-state index contributed by atoms with van der Waals surface area (Å²) in [7, 11) is 0. The molecule has 1 aromatic carbocycles. The zero-order chi connectivity index (χ0) is 20.9. The summed E-state index contributed by atoms with van der Waals surface area (Å²) in [6, 6.07) is 9.90. The highest BCUT2D eigenvalue weighted by Gasteiger charge is 2.53. The van der Waals surface area contributed by atoms with Gasteiger partial charge in [-0.3, -0.25) is 0 Å². The molecule has 0 unspecified atom stereocenters. The average Bonchev–Trinajstić information content (AvgIpc) is 3.34. The molecule has 0 spiro atoms. The van der Waals surface area contributed by atoms with E-state index in [0.717, 1.165) is 15.6 Å². The van der Waals surface area contributed by atoms with Crippen LogP contribution in [0.15, 0.2) is 53.0 Å². The number of nitrogens with two attached hydrogens (primary N) is 1. The molecule has 1 saturated heterocycles. The molecule has 2 N–H and O–H groups in total. The van der Waals surface area contributed by atoms with Crippen LogP contribution in [0.3, 0.4) is 0 Å². The van der Waals surface area contributed by atoms with Gasteiger partial charge in [-0.15, -0.1) is 0 Å². The molecule has 2 aliphatic rings. The van der Waals surface area contributed by atoms with E-state index in [1.165, 1.54) is 6.33 Å². The van der Waals surface area contributed by atoms with E-state index in [1.54, 1.807) is 6.33 Å². The third kappa shape index (κ3) is 3.31. The number of rotatable bonds is 5. The van der Waals surface area contributed by atoms with Crippen molar-refractivity contribution in [2.75, 3.05) is 12.3 Å². The second-order valence-corrected chi connectivity index (χ2v) is 8.75. The van der Waals surface area contributed by atoms with Crippen molar-refractivity contribution < 1.29 is 14.2 Å². The zero-order valence-corrected chi connectivity index (χ0v) is 18.2. The molecule has 3 aromatic rings. The van der Waals surface area contributed by atoms with Gasteiger partial charge in [-0.25, -0.2) is 15.0 Å². The number of hydrogen-bond acceptors (Lipinski definition) is 7. The van der Waals surface area contributed by atoms with Gasteiger partial charge in [0.25, 0.3) is 0 Å². The molecule has 0 bridgehead atoms. The van der Waals surface area contributed by atoms with E-state index in [2.05, 4.69) is 30.9 Å². The number of benzene rings is 1. The maximum atomic E-state index is 6.28. The predicted octanol–water partition coefficient (Wildman–Crippen LogP) is 3.35. The van der Waals surface area contributed by atoms with Crippen molar-refractivity contribution in [1.82, 2.24) is 19.5 Å². The Hall–Kier alpha value is -2.33. The van der Waals surface area contributed by atoms with Gasteiger partial charge in [0.15, 0.2) is 17.3 Å². The van der Waals surface area contributed by atoms with Crippen molar-refractivity contribution in [3.63, 3.8) is 0 Å². The summed E-state index contributed by atoms with van der Waals surface area (Å²) >= 11 is 3.79. The molecule has 3 atom stereocenters. The first-order valence-corrected chi connectivity index (χ1v) is 10.5. The van der Waals surface area contributed by atoms with Gasteiger partial charge in [0.1, 0.15) is 24.1 Å². The maximum Gasteiger partial charge on any atom is 0.166 e. The molecule has 1 fully saturated rings. The Bertz CT molecular complexity index is 1110. The Balaban J connectivity index is 1.47. The smallest absolute Gasteiger partial charge is 0.166 e. The van der Waals surface area contributed by atoms with Crippen LogP contribution in [0.2, 0.25) is 0 Å². The van der Waals surface area contributed by atoms with E-state index in [1.807, 2.05) is 48.7 Å². The summed E-state index contributed by atoms with van der Waals surface area (Å²) in [6.07, 6.45) is 2.70. The van der Waals surface area contributed by atoms with Crippen molar-refractivity contribution in [3.8, 4) is 0 Å². The summed E-state index contributed by atoms with van der Waals surface area (Å²) in [5, 5.41) is 0. The SMILES string of the molecule is CC1(C)O[C@@H]2[C@H](O1)C(COCc1ccccc1)=C(Br)[C@H]2n1cnc2c(N)ncnc21. The Kier molecular flexibility index (Phi) is 4.85. The van der Waals surface area contributed by atoms with Crippen molar-refractivity contribution >= 4 is 32.9 Å². The molecule has 2 aromatic heterocycles. The molecular weight excluding hydrogens is 450 g/mol. The van der Waals surface area contributed by atoms with Crippen molar-refractivity contribution in [2.45, 2.75) is 44.5 Å². The molecule has 5 rings (SSSR count). The summed E-state index contributed by atoms with van der Waals surface area (Å²) < 4.78 is 21.5. The highest BCUT2D eigenvalue weighted by atomic mass is 79.9. The van der Waals surface area contributed by atoms with E-state index in [9.17, 15) is 0 Å². The van der Waals surface area contributed by atoms with E-state index < -0.39 is 5.79 Å². The standard InChI is InChI=1S/C21H22BrN5O3/c1-21(2)29-17-13(9-28-8-12-6-4-3-5-7-12)14(22)16(18(17)30-21)27-11-26-15-19(23)24-10-25-20(15)27/h3-7,10-11,16-18H,8-9H2,1-2H3,(H2,23,24,25)/t16-,17-,18+/m1/s1. The largest absolute Gasteiger partial charge is 0.382 e. The molecule has 156 valence electrons. The van der Waals surface area contributed by atoms with Gasteiger partial charge < -0.3 is 24.5 Å². The molecule has 3 heterocycles. The Morgan fingerprint density at radius 1 is 1.13 bits per heavy atom. The number of fused-ring (bicyclic) bond motifs is 2. The van der Waals surface area contributed by atoms with Crippen LogP contribution in [-0.4, -0.2) is 44.1 Å². The minimum atomic E-state index is -0.698. The lowest BCUT2D eigenvalue weighted by molar-refractivity contribution is -0.148. The normalized spacial score (nSPS) is 25.2. The van der Waals surface area contributed by atoms with E-state index >= 15 is 0 Å². The third-order valence-corrected chi connectivity index (χ3v) is 6.38. The maximum absolute atomic E-state index is 6.28. The fourth-order valence-corrected chi connectivity index (χ4v) is 4.94. The van der Waals surface area contributed by atoms with Crippen molar-refractivity contribution in [2.24, 2.45) is 0 Å². The van der Waals surface area contributed by atoms with Crippen LogP contribution in [-0.2, 0) is 20.8 Å². The molecular formula is C21H22BrN5O3. The van der Waals surface area contributed by atoms with Gasteiger partial charge in [0, 0.05) is 4.48 Å². The lowest BCUT2D eigenvalue weighted by atomic mass is 10.1. The van der Waals surface area contributed by atoms with Gasteiger partial charge in [0.05, 0.1) is 25.6 Å². The summed E-state index contributed by atoms with van der Waals surface area (Å²) in [5.74, 6) is -0.347. The van der Waals surface area contributed by atoms with Gasteiger partial charge in [-0.1, -0.05) is 46.3 Å². The van der Waals surface area contributed by atoms with Crippen molar-refractivity contribution in [3.05, 3.63) is 58.6 Å². The van der Waals surface area contributed by atoms with E-state index in [-0.39, 0.29) is 18.2 Å². The summed E-state index contributed by atoms with van der Waals surface area (Å²) in [6.45, 7) is 4.79. The summed E-state index contributed by atoms with van der Waals surface area (Å²) in [5.41, 5.74) is 9.35. The van der Waals surface area contributed by atoms with Gasteiger partial charge >= 0.3 is 0 Å². The van der Waals surface area contributed by atoms with Gasteiger partial charge in [0.2, 0.25) is 0 Å². The predicted molar refractivity (Wildman–Crippen MR) is 115 cm³/mol. The number of nitrogens with zero attached hydrogens (tertiary/aromatic N) is 4.